The fraction of sp³-hybridized carbons (Fsp3) is 0.156. The molecule has 2 heterocycles. The Labute approximate surface area is 221 Å². The molecule has 0 saturated heterocycles. The molecule has 6 heteroatoms. The Balaban J connectivity index is 1.22. The van der Waals surface area contributed by atoms with Gasteiger partial charge in [-0.15, -0.1) is 0 Å². The van der Waals surface area contributed by atoms with Gasteiger partial charge in [-0.1, -0.05) is 90.1 Å². The summed E-state index contributed by atoms with van der Waals surface area (Å²) in [6.07, 6.45) is 2.07. The number of pyridine rings is 1. The zero-order valence-corrected chi connectivity index (χ0v) is 21.0. The molecular formula is C32H27N3O3. The van der Waals surface area contributed by atoms with Crippen LogP contribution in [0.3, 0.4) is 0 Å². The van der Waals surface area contributed by atoms with Gasteiger partial charge in [0.15, 0.2) is 5.76 Å². The summed E-state index contributed by atoms with van der Waals surface area (Å²) in [6, 6.07) is 32.4. The molecule has 6 nitrogen and oxygen atoms in total. The molecule has 2 aromatic heterocycles. The number of nitrogens with one attached hydrogen (secondary N) is 1. The molecule has 5 aromatic rings. The molecule has 0 atom stereocenters. The molecule has 0 aliphatic heterocycles. The summed E-state index contributed by atoms with van der Waals surface area (Å²) in [6.45, 7) is 1.91. The quantitative estimate of drug-likeness (QED) is 0.227. The van der Waals surface area contributed by atoms with Crippen molar-refractivity contribution < 1.29 is 14.4 Å². The molecule has 0 bridgehead atoms. The highest BCUT2D eigenvalue weighted by Crippen LogP contribution is 2.51. The van der Waals surface area contributed by atoms with Crippen LogP contribution in [-0.2, 0) is 10.2 Å². The van der Waals surface area contributed by atoms with E-state index < -0.39 is 5.97 Å². The molecule has 0 spiro atoms. The Morgan fingerprint density at radius 3 is 2.16 bits per heavy atom. The van der Waals surface area contributed by atoms with Crippen LogP contribution in [0, 0.1) is 6.92 Å². The zero-order valence-electron chi connectivity index (χ0n) is 21.0. The van der Waals surface area contributed by atoms with Crippen molar-refractivity contribution in [2.45, 2.75) is 31.6 Å². The summed E-state index contributed by atoms with van der Waals surface area (Å²) in [5.74, 6) is 0.631. The van der Waals surface area contributed by atoms with Crippen LogP contribution in [0.1, 0.15) is 30.5 Å². The van der Waals surface area contributed by atoms with E-state index in [9.17, 15) is 9.90 Å². The molecule has 1 saturated carbocycles. The van der Waals surface area contributed by atoms with Gasteiger partial charge >= 0.3 is 5.97 Å². The first kappa shape index (κ1) is 23.7. The Morgan fingerprint density at radius 2 is 1.50 bits per heavy atom. The predicted molar refractivity (Wildman–Crippen MR) is 148 cm³/mol. The van der Waals surface area contributed by atoms with Crippen molar-refractivity contribution in [3.05, 3.63) is 108 Å². The molecule has 1 fully saturated rings. The monoisotopic (exact) mass is 501 g/mol. The number of aryl methyl sites for hydroxylation is 1. The Kier molecular flexibility index (Phi) is 6.00. The van der Waals surface area contributed by atoms with Crippen molar-refractivity contribution in [3.8, 4) is 33.7 Å². The molecule has 1 aliphatic rings. The van der Waals surface area contributed by atoms with Gasteiger partial charge in [0.1, 0.15) is 17.2 Å². The summed E-state index contributed by atoms with van der Waals surface area (Å²) >= 11 is 0. The smallest absolute Gasteiger partial charge is 0.304 e. The minimum absolute atomic E-state index is 0.183. The van der Waals surface area contributed by atoms with Crippen molar-refractivity contribution in [1.82, 2.24) is 10.1 Å². The molecule has 1 aliphatic carbocycles. The molecule has 0 radical (unpaired) electrons. The standard InChI is InChI=1S/C32H27N3O3/c1-21-30(34-28-9-5-8-27(33-28)24-6-3-2-4-7-24)31(38-35-21)25-12-10-22(11-13-25)23-14-16-26(17-15-23)32(18-19-32)20-29(36)37/h2-17H,18-20H2,1H3,(H,33,34)(H,36,37). The molecule has 0 unspecified atom stereocenters. The largest absolute Gasteiger partial charge is 0.481 e. The van der Waals surface area contributed by atoms with Gasteiger partial charge in [-0.3, -0.25) is 4.79 Å². The molecule has 6 rings (SSSR count). The number of rotatable bonds is 8. The lowest BCUT2D eigenvalue weighted by atomic mass is 9.91. The Morgan fingerprint density at radius 1 is 0.842 bits per heavy atom. The number of carboxylic acid groups (broad SMARTS) is 1. The van der Waals surface area contributed by atoms with Crippen LogP contribution >= 0.6 is 0 Å². The van der Waals surface area contributed by atoms with Crippen molar-refractivity contribution in [1.29, 1.82) is 0 Å². The second-order valence-corrected chi connectivity index (χ2v) is 9.88. The van der Waals surface area contributed by atoms with Gasteiger partial charge in [0, 0.05) is 16.5 Å². The molecule has 188 valence electrons. The van der Waals surface area contributed by atoms with Gasteiger partial charge in [0.2, 0.25) is 0 Å². The predicted octanol–water partition coefficient (Wildman–Crippen LogP) is 7.63. The number of aromatic nitrogens is 2. The summed E-state index contributed by atoms with van der Waals surface area (Å²) in [7, 11) is 0. The summed E-state index contributed by atoms with van der Waals surface area (Å²) < 4.78 is 5.72. The third-order valence-corrected chi connectivity index (χ3v) is 7.26. The average Bonchev–Trinajstić information content (AvgIpc) is 3.64. The number of benzene rings is 3. The van der Waals surface area contributed by atoms with Gasteiger partial charge < -0.3 is 14.9 Å². The number of carboxylic acids is 1. The fourth-order valence-electron chi connectivity index (χ4n) is 4.95. The van der Waals surface area contributed by atoms with Gasteiger partial charge in [0.25, 0.3) is 0 Å². The summed E-state index contributed by atoms with van der Waals surface area (Å²) in [5.41, 5.74) is 7.47. The summed E-state index contributed by atoms with van der Waals surface area (Å²) in [5, 5.41) is 16.9. The normalized spacial score (nSPS) is 13.7. The number of aliphatic carboxylic acids is 1. The van der Waals surface area contributed by atoms with Crippen LogP contribution in [0.25, 0.3) is 33.7 Å². The maximum Gasteiger partial charge on any atom is 0.304 e. The van der Waals surface area contributed by atoms with E-state index >= 15 is 0 Å². The lowest BCUT2D eigenvalue weighted by Crippen LogP contribution is -2.12. The second-order valence-electron chi connectivity index (χ2n) is 9.88. The minimum atomic E-state index is -0.738. The van der Waals surface area contributed by atoms with Crippen molar-refractivity contribution in [2.75, 3.05) is 5.32 Å². The average molecular weight is 502 g/mol. The van der Waals surface area contributed by atoms with Crippen LogP contribution in [0.2, 0.25) is 0 Å². The van der Waals surface area contributed by atoms with Gasteiger partial charge in [-0.05, 0) is 48.6 Å². The second kappa shape index (κ2) is 9.63. The number of anilines is 2. The van der Waals surface area contributed by atoms with Crippen molar-refractivity contribution in [2.24, 2.45) is 0 Å². The fourth-order valence-corrected chi connectivity index (χ4v) is 4.95. The number of carbonyl (C=O) groups is 1. The topological polar surface area (TPSA) is 88.2 Å². The highest BCUT2D eigenvalue weighted by Gasteiger charge is 2.45. The van der Waals surface area contributed by atoms with E-state index in [4.69, 9.17) is 9.51 Å². The van der Waals surface area contributed by atoms with Gasteiger partial charge in [-0.25, -0.2) is 4.98 Å². The third-order valence-electron chi connectivity index (χ3n) is 7.26. The highest BCUT2D eigenvalue weighted by molar-refractivity contribution is 5.79. The minimum Gasteiger partial charge on any atom is -0.481 e. The zero-order chi connectivity index (χ0) is 26.1. The van der Waals surface area contributed by atoms with Gasteiger partial charge in [0.05, 0.1) is 12.1 Å². The number of hydrogen-bond acceptors (Lipinski definition) is 5. The van der Waals surface area contributed by atoms with E-state index in [2.05, 4.69) is 46.9 Å². The number of nitrogens with zero attached hydrogens (tertiary/aromatic N) is 2. The van der Waals surface area contributed by atoms with E-state index in [0.717, 1.165) is 57.7 Å². The van der Waals surface area contributed by atoms with Crippen molar-refractivity contribution >= 4 is 17.5 Å². The van der Waals surface area contributed by atoms with Crippen LogP contribution in [0.5, 0.6) is 0 Å². The summed E-state index contributed by atoms with van der Waals surface area (Å²) in [4.78, 5) is 16.0. The van der Waals surface area contributed by atoms with Crippen molar-refractivity contribution in [3.63, 3.8) is 0 Å². The first-order valence-corrected chi connectivity index (χ1v) is 12.7. The van der Waals surface area contributed by atoms with E-state index in [-0.39, 0.29) is 11.8 Å². The molecule has 3 aromatic carbocycles. The van der Waals surface area contributed by atoms with Gasteiger partial charge in [-0.2, -0.15) is 0 Å². The Hall–Kier alpha value is -4.71. The van der Waals surface area contributed by atoms with Crippen LogP contribution in [0.4, 0.5) is 11.5 Å². The highest BCUT2D eigenvalue weighted by atomic mass is 16.5. The van der Waals surface area contributed by atoms with E-state index in [1.165, 1.54) is 0 Å². The van der Waals surface area contributed by atoms with E-state index in [0.29, 0.717) is 11.6 Å². The third kappa shape index (κ3) is 4.68. The van der Waals surface area contributed by atoms with Crippen LogP contribution in [-0.4, -0.2) is 21.2 Å². The molecular weight excluding hydrogens is 474 g/mol. The molecule has 38 heavy (non-hydrogen) atoms. The van der Waals surface area contributed by atoms with Crippen LogP contribution in [0.15, 0.2) is 102 Å². The SMILES string of the molecule is Cc1noc(-c2ccc(-c3ccc(C4(CC(=O)O)CC4)cc3)cc2)c1Nc1cccc(-c2ccccc2)n1. The van der Waals surface area contributed by atoms with E-state index in [1.807, 2.05) is 67.6 Å². The first-order valence-electron chi connectivity index (χ1n) is 12.7. The molecule has 2 N–H and O–H groups in total. The maximum absolute atomic E-state index is 11.2. The lowest BCUT2D eigenvalue weighted by molar-refractivity contribution is -0.137. The van der Waals surface area contributed by atoms with E-state index in [1.54, 1.807) is 0 Å². The number of hydrogen-bond donors (Lipinski definition) is 2. The Bertz CT molecular complexity index is 1590. The maximum atomic E-state index is 11.2. The van der Waals surface area contributed by atoms with Crippen LogP contribution < -0.4 is 5.32 Å². The lowest BCUT2D eigenvalue weighted by Gasteiger charge is -2.14. The first-order chi connectivity index (χ1) is 18.5. The molecule has 0 amide bonds.